The van der Waals surface area contributed by atoms with E-state index in [1.807, 2.05) is 33.8 Å². The van der Waals surface area contributed by atoms with Gasteiger partial charge in [0.15, 0.2) is 5.13 Å². The van der Waals surface area contributed by atoms with Crippen LogP contribution in [-0.4, -0.2) is 4.98 Å². The van der Waals surface area contributed by atoms with Gasteiger partial charge in [0.05, 0.1) is 10.6 Å². The first-order chi connectivity index (χ1) is 8.27. The normalized spacial score (nSPS) is 11.8. The molecule has 5 heteroatoms. The summed E-state index contributed by atoms with van der Waals surface area (Å²) in [6, 6.07) is 3.37. The highest BCUT2D eigenvalue weighted by atomic mass is 32.1. The van der Waals surface area contributed by atoms with E-state index in [2.05, 4.69) is 4.98 Å². The molecule has 0 saturated carbocycles. The lowest BCUT2D eigenvalue weighted by Gasteiger charge is -2.16. The van der Waals surface area contributed by atoms with E-state index in [-0.39, 0.29) is 11.0 Å². The third kappa shape index (κ3) is 2.46. The van der Waals surface area contributed by atoms with Gasteiger partial charge >= 0.3 is 5.63 Å². The monoisotopic (exact) mass is 264 g/mol. The lowest BCUT2D eigenvalue weighted by atomic mass is 9.92. The summed E-state index contributed by atoms with van der Waals surface area (Å²) in [5, 5.41) is 0.507. The van der Waals surface area contributed by atoms with Gasteiger partial charge < -0.3 is 10.2 Å². The fourth-order valence-corrected chi connectivity index (χ4v) is 2.48. The van der Waals surface area contributed by atoms with Gasteiger partial charge in [-0.05, 0) is 13.0 Å². The molecule has 0 atom stereocenters. The molecule has 0 spiro atoms. The standard InChI is InChI=1S/C13H16N2O2S/c1-7-11(18-12(14)15-7)8-5-9(13(2,3)4)17-10(16)6-8/h5-6H,1-4H3,(H2,14,15). The van der Waals surface area contributed by atoms with Crippen molar-refractivity contribution in [1.82, 2.24) is 4.98 Å². The van der Waals surface area contributed by atoms with Crippen molar-refractivity contribution in [2.24, 2.45) is 0 Å². The number of nitrogens with two attached hydrogens (primary N) is 1. The first kappa shape index (κ1) is 12.8. The van der Waals surface area contributed by atoms with Crippen LogP contribution >= 0.6 is 11.3 Å². The summed E-state index contributed by atoms with van der Waals surface area (Å²) in [6.07, 6.45) is 0. The highest BCUT2D eigenvalue weighted by Gasteiger charge is 2.19. The summed E-state index contributed by atoms with van der Waals surface area (Å²) < 4.78 is 5.25. The second-order valence-corrected chi connectivity index (χ2v) is 6.28. The largest absolute Gasteiger partial charge is 0.427 e. The second kappa shape index (κ2) is 4.24. The molecule has 2 rings (SSSR count). The van der Waals surface area contributed by atoms with Gasteiger partial charge in [-0.1, -0.05) is 32.1 Å². The molecule has 0 aliphatic rings. The topological polar surface area (TPSA) is 69.1 Å². The molecule has 2 aromatic heterocycles. The Hall–Kier alpha value is -1.62. The highest BCUT2D eigenvalue weighted by Crippen LogP contribution is 2.32. The number of aryl methyl sites for hydroxylation is 1. The van der Waals surface area contributed by atoms with Crippen LogP contribution in [0.25, 0.3) is 10.4 Å². The van der Waals surface area contributed by atoms with Gasteiger partial charge in [0.1, 0.15) is 5.76 Å². The number of thiazole rings is 1. The van der Waals surface area contributed by atoms with Crippen LogP contribution in [0, 0.1) is 6.92 Å². The predicted molar refractivity (Wildman–Crippen MR) is 73.9 cm³/mol. The first-order valence-corrected chi connectivity index (χ1v) is 6.48. The summed E-state index contributed by atoms with van der Waals surface area (Å²) in [7, 11) is 0. The SMILES string of the molecule is Cc1nc(N)sc1-c1cc(C(C)(C)C)oc(=O)c1. The van der Waals surface area contributed by atoms with Gasteiger partial charge in [-0.2, -0.15) is 0 Å². The summed E-state index contributed by atoms with van der Waals surface area (Å²) in [4.78, 5) is 16.7. The molecule has 0 unspecified atom stereocenters. The summed E-state index contributed by atoms with van der Waals surface area (Å²) in [5.41, 5.74) is 6.79. The summed E-state index contributed by atoms with van der Waals surface area (Å²) in [6.45, 7) is 7.89. The summed E-state index contributed by atoms with van der Waals surface area (Å²) in [5.74, 6) is 0.663. The van der Waals surface area contributed by atoms with Crippen LogP contribution in [0.1, 0.15) is 32.2 Å². The van der Waals surface area contributed by atoms with Gasteiger partial charge in [0.2, 0.25) is 0 Å². The molecule has 2 heterocycles. The van der Waals surface area contributed by atoms with Gasteiger partial charge in [-0.15, -0.1) is 0 Å². The van der Waals surface area contributed by atoms with Gasteiger partial charge in [0, 0.05) is 17.0 Å². The molecule has 0 aliphatic carbocycles. The molecule has 0 saturated heterocycles. The number of hydrogen-bond acceptors (Lipinski definition) is 5. The maximum atomic E-state index is 11.6. The molecule has 0 bridgehead atoms. The zero-order valence-corrected chi connectivity index (χ0v) is 11.7. The van der Waals surface area contributed by atoms with Gasteiger partial charge in [-0.3, -0.25) is 0 Å². The number of aromatic nitrogens is 1. The van der Waals surface area contributed by atoms with Crippen molar-refractivity contribution in [3.05, 3.63) is 34.0 Å². The minimum absolute atomic E-state index is 0.209. The predicted octanol–water partition coefficient (Wildman–Crippen LogP) is 2.95. The quantitative estimate of drug-likeness (QED) is 0.859. The average Bonchev–Trinajstić information content (AvgIpc) is 2.55. The molecule has 0 radical (unpaired) electrons. The lowest BCUT2D eigenvalue weighted by Crippen LogP contribution is -2.14. The Morgan fingerprint density at radius 1 is 1.33 bits per heavy atom. The molecule has 4 nitrogen and oxygen atoms in total. The minimum Gasteiger partial charge on any atom is -0.427 e. The first-order valence-electron chi connectivity index (χ1n) is 5.66. The number of anilines is 1. The molecule has 96 valence electrons. The van der Waals surface area contributed by atoms with Crippen molar-refractivity contribution >= 4 is 16.5 Å². The van der Waals surface area contributed by atoms with E-state index in [1.54, 1.807) is 0 Å². The van der Waals surface area contributed by atoms with E-state index >= 15 is 0 Å². The van der Waals surface area contributed by atoms with Crippen molar-refractivity contribution < 1.29 is 4.42 Å². The molecular formula is C13H16N2O2S. The van der Waals surface area contributed by atoms with Crippen molar-refractivity contribution in [2.45, 2.75) is 33.1 Å². The fourth-order valence-electron chi connectivity index (χ4n) is 1.66. The lowest BCUT2D eigenvalue weighted by molar-refractivity contribution is 0.378. The summed E-state index contributed by atoms with van der Waals surface area (Å²) >= 11 is 1.38. The Kier molecular flexibility index (Phi) is 3.02. The van der Waals surface area contributed by atoms with Crippen LogP contribution in [0.2, 0.25) is 0 Å². The maximum absolute atomic E-state index is 11.6. The highest BCUT2D eigenvalue weighted by molar-refractivity contribution is 7.18. The fraction of sp³-hybridized carbons (Fsp3) is 0.385. The van der Waals surface area contributed by atoms with Crippen LogP contribution in [0.5, 0.6) is 0 Å². The molecule has 0 aliphatic heterocycles. The van der Waals surface area contributed by atoms with Gasteiger partial charge in [-0.25, -0.2) is 9.78 Å². The van der Waals surface area contributed by atoms with E-state index < -0.39 is 0 Å². The van der Waals surface area contributed by atoms with Crippen LogP contribution in [0.15, 0.2) is 21.3 Å². The second-order valence-electron chi connectivity index (χ2n) is 5.25. The van der Waals surface area contributed by atoms with Crippen LogP contribution in [0.3, 0.4) is 0 Å². The van der Waals surface area contributed by atoms with Crippen LogP contribution < -0.4 is 11.4 Å². The molecule has 0 aromatic carbocycles. The van der Waals surface area contributed by atoms with Crippen LogP contribution in [0.4, 0.5) is 5.13 Å². The third-order valence-electron chi connectivity index (χ3n) is 2.59. The van der Waals surface area contributed by atoms with E-state index in [9.17, 15) is 4.79 Å². The molecule has 2 N–H and O–H groups in total. The van der Waals surface area contributed by atoms with Crippen molar-refractivity contribution in [2.75, 3.05) is 5.73 Å². The molecule has 0 fully saturated rings. The van der Waals surface area contributed by atoms with E-state index in [0.29, 0.717) is 10.9 Å². The van der Waals surface area contributed by atoms with Crippen molar-refractivity contribution in [1.29, 1.82) is 0 Å². The van der Waals surface area contributed by atoms with E-state index in [0.717, 1.165) is 16.1 Å². The zero-order valence-electron chi connectivity index (χ0n) is 10.9. The number of nitrogen functional groups attached to an aromatic ring is 1. The number of rotatable bonds is 1. The van der Waals surface area contributed by atoms with Crippen LogP contribution in [-0.2, 0) is 5.41 Å². The molecular weight excluding hydrogens is 248 g/mol. The number of nitrogens with zero attached hydrogens (tertiary/aromatic N) is 1. The smallest absolute Gasteiger partial charge is 0.336 e. The van der Waals surface area contributed by atoms with Gasteiger partial charge in [0.25, 0.3) is 0 Å². The van der Waals surface area contributed by atoms with E-state index in [4.69, 9.17) is 10.2 Å². The minimum atomic E-state index is -0.344. The molecule has 2 aromatic rings. The Morgan fingerprint density at radius 3 is 2.50 bits per heavy atom. The Balaban J connectivity index is 2.63. The maximum Gasteiger partial charge on any atom is 0.336 e. The zero-order chi connectivity index (χ0) is 13.5. The Labute approximate surface area is 109 Å². The Bertz CT molecular complexity index is 635. The Morgan fingerprint density at radius 2 is 2.00 bits per heavy atom. The molecule has 0 amide bonds. The average molecular weight is 264 g/mol. The van der Waals surface area contributed by atoms with Crippen molar-refractivity contribution in [3.63, 3.8) is 0 Å². The molecule has 18 heavy (non-hydrogen) atoms. The number of hydrogen-bond donors (Lipinski definition) is 1. The third-order valence-corrected chi connectivity index (χ3v) is 3.62. The van der Waals surface area contributed by atoms with E-state index in [1.165, 1.54) is 17.4 Å². The van der Waals surface area contributed by atoms with Crippen molar-refractivity contribution in [3.8, 4) is 10.4 Å².